The third-order valence-electron chi connectivity index (χ3n) is 7.76. The van der Waals surface area contributed by atoms with Crippen LogP contribution in [-0.2, 0) is 37.4 Å². The summed E-state index contributed by atoms with van der Waals surface area (Å²) in [7, 11) is -13.3. The highest BCUT2D eigenvalue weighted by Gasteiger charge is 2.36. The molecular formula is C30H30N5O12S3+. The van der Waals surface area contributed by atoms with E-state index in [-0.39, 0.29) is 68.5 Å². The van der Waals surface area contributed by atoms with Gasteiger partial charge in [0.05, 0.1) is 26.4 Å². The van der Waals surface area contributed by atoms with E-state index in [1.54, 1.807) is 12.1 Å². The molecule has 1 heterocycles. The van der Waals surface area contributed by atoms with Gasteiger partial charge in [0.25, 0.3) is 25.8 Å². The maximum atomic E-state index is 14.1. The van der Waals surface area contributed by atoms with Gasteiger partial charge in [0, 0.05) is 41.3 Å². The first-order valence-corrected chi connectivity index (χ1v) is 17.6. The van der Waals surface area contributed by atoms with Gasteiger partial charge in [-0.25, -0.2) is 0 Å². The molecule has 4 aromatic carbocycles. The topological polar surface area (TPSA) is 341 Å². The summed E-state index contributed by atoms with van der Waals surface area (Å²) in [6, 6.07) is 15.8. The standard InChI is InChI=1S/C30H20N2O12S3.3H3N/c1-32-22-12-11-21(31-20-10-9-17(46(39,40)41)14-23(20)47(42,43)44)25-26(22)24(18-7-2-3-8-19(18)29(25)34)27(30(32)35)28(33)15-5-4-6-16(13-15)45(36,37)38;;;/h2-14,31H,1H3,(H,36,37,38)(H,39,40,41)(H,42,43,44);3*1H3/p+1. The molecule has 0 atom stereocenters. The molecule has 14 N–H and O–H groups in total. The van der Waals surface area contributed by atoms with E-state index in [0.29, 0.717) is 6.07 Å². The molecule has 0 unspecified atom stereocenters. The molecule has 5 aromatic rings. The molecule has 6 rings (SSSR count). The van der Waals surface area contributed by atoms with E-state index in [9.17, 15) is 53.3 Å². The minimum atomic E-state index is -5.07. The second-order valence-corrected chi connectivity index (χ2v) is 14.8. The van der Waals surface area contributed by atoms with Crippen molar-refractivity contribution < 1.29 is 53.8 Å². The van der Waals surface area contributed by atoms with E-state index in [1.165, 1.54) is 48.8 Å². The molecule has 17 nitrogen and oxygen atoms in total. The van der Waals surface area contributed by atoms with Crippen LogP contribution in [0.3, 0.4) is 0 Å². The predicted octanol–water partition coefficient (Wildman–Crippen LogP) is 2.73. The molecule has 0 spiro atoms. The van der Waals surface area contributed by atoms with Crippen molar-refractivity contribution in [3.63, 3.8) is 0 Å². The predicted molar refractivity (Wildman–Crippen MR) is 180 cm³/mol. The molecule has 1 aliphatic rings. The molecule has 0 radical (unpaired) electrons. The lowest BCUT2D eigenvalue weighted by atomic mass is 9.80. The Balaban J connectivity index is 0.00000225. The van der Waals surface area contributed by atoms with E-state index in [0.717, 1.165) is 28.8 Å². The molecule has 0 fully saturated rings. The van der Waals surface area contributed by atoms with Gasteiger partial charge in [0.15, 0.2) is 22.1 Å². The highest BCUT2D eigenvalue weighted by Crippen LogP contribution is 2.43. The van der Waals surface area contributed by atoms with Crippen LogP contribution in [0.25, 0.3) is 22.0 Å². The first-order chi connectivity index (χ1) is 21.9. The van der Waals surface area contributed by atoms with Crippen LogP contribution in [0, 0.1) is 0 Å². The molecule has 20 heteroatoms. The fraction of sp³-hybridized carbons (Fsp3) is 0.0333. The molecular weight excluding hydrogens is 719 g/mol. The monoisotopic (exact) mass is 748 g/mol. The van der Waals surface area contributed by atoms with Crippen LogP contribution in [0.2, 0.25) is 0 Å². The zero-order valence-corrected chi connectivity index (χ0v) is 28.3. The Morgan fingerprint density at radius 1 is 0.660 bits per heavy atom. The average Bonchev–Trinajstić information content (AvgIpc) is 3.00. The number of carbonyl (C=O) groups is 2. The van der Waals surface area contributed by atoms with Crippen LogP contribution in [0.1, 0.15) is 31.8 Å². The third kappa shape index (κ3) is 6.50. The summed E-state index contributed by atoms with van der Waals surface area (Å²) in [4.78, 5) is 39.7. The van der Waals surface area contributed by atoms with Crippen molar-refractivity contribution in [1.82, 2.24) is 23.0 Å². The van der Waals surface area contributed by atoms with E-state index < -0.39 is 67.7 Å². The SMILES string of the molecule is Cn1c(=O)c(C(=O)c2cccc(S(=O)(=O)O)c2)c2c3c(c([NH2+]c4ccc(S(=O)(=O)O)cc4S(=O)(=O)O)ccc31)C(=O)c1ccccc1-2.N.N.N. The van der Waals surface area contributed by atoms with E-state index in [4.69, 9.17) is 0 Å². The normalized spacial score (nSPS) is 12.3. The Hall–Kier alpha value is -5.00. The van der Waals surface area contributed by atoms with Gasteiger partial charge >= 0.3 is 10.1 Å². The fourth-order valence-electron chi connectivity index (χ4n) is 5.66. The number of hydrogen-bond donors (Lipinski definition) is 7. The number of quaternary nitrogens is 1. The molecule has 50 heavy (non-hydrogen) atoms. The van der Waals surface area contributed by atoms with Crippen molar-refractivity contribution in [2.24, 2.45) is 7.05 Å². The summed E-state index contributed by atoms with van der Waals surface area (Å²) in [5.74, 6) is -1.48. The number of ketones is 2. The largest absolute Gasteiger partial charge is 0.344 e. The summed E-state index contributed by atoms with van der Waals surface area (Å²) in [5.41, 5.74) is -1.15. The Bertz CT molecular complexity index is 2660. The Kier molecular flexibility index (Phi) is 10.5. The van der Waals surface area contributed by atoms with Crippen molar-refractivity contribution >= 4 is 64.2 Å². The van der Waals surface area contributed by atoms with Crippen LogP contribution in [-0.4, -0.2) is 55.0 Å². The van der Waals surface area contributed by atoms with Gasteiger partial charge in [-0.3, -0.25) is 33.4 Å². The number of aromatic nitrogens is 1. The van der Waals surface area contributed by atoms with Gasteiger partial charge in [-0.05, 0) is 35.9 Å². The van der Waals surface area contributed by atoms with Gasteiger partial charge in [0.1, 0.15) is 5.69 Å². The second-order valence-electron chi connectivity index (χ2n) is 10.5. The van der Waals surface area contributed by atoms with Crippen molar-refractivity contribution in [3.8, 4) is 11.1 Å². The summed E-state index contributed by atoms with van der Waals surface area (Å²) >= 11 is 0. The lowest BCUT2D eigenvalue weighted by Gasteiger charge is -2.24. The van der Waals surface area contributed by atoms with Crippen LogP contribution >= 0.6 is 0 Å². The van der Waals surface area contributed by atoms with Gasteiger partial charge in [0.2, 0.25) is 0 Å². The van der Waals surface area contributed by atoms with Gasteiger partial charge < -0.3 is 23.0 Å². The number of nitrogens with zero attached hydrogens (tertiary/aromatic N) is 1. The first kappa shape index (κ1) is 39.4. The Morgan fingerprint density at radius 3 is 1.84 bits per heavy atom. The second kappa shape index (κ2) is 13.4. The molecule has 0 amide bonds. The summed E-state index contributed by atoms with van der Waals surface area (Å²) in [5, 5.41) is 1.31. The highest BCUT2D eigenvalue weighted by molar-refractivity contribution is 7.86. The number of hydrogen-bond acceptors (Lipinski definition) is 12. The van der Waals surface area contributed by atoms with E-state index >= 15 is 0 Å². The minimum absolute atomic E-state index is 0. The van der Waals surface area contributed by atoms with Crippen LogP contribution < -0.4 is 29.3 Å². The molecule has 0 bridgehead atoms. The molecule has 1 aromatic heterocycles. The van der Waals surface area contributed by atoms with Crippen LogP contribution in [0.4, 0.5) is 11.4 Å². The highest BCUT2D eigenvalue weighted by atomic mass is 32.2. The number of rotatable bonds is 7. The zero-order valence-electron chi connectivity index (χ0n) is 25.9. The summed E-state index contributed by atoms with van der Waals surface area (Å²) in [6.07, 6.45) is 0. The number of aryl methyl sites for hydroxylation is 1. The number of carbonyl (C=O) groups excluding carboxylic acids is 2. The van der Waals surface area contributed by atoms with Crippen molar-refractivity contribution in [1.29, 1.82) is 0 Å². The maximum Gasteiger partial charge on any atom is 0.300 e. The molecule has 0 aliphatic heterocycles. The fourth-order valence-corrected chi connectivity index (χ4v) is 7.46. The number of benzene rings is 4. The lowest BCUT2D eigenvalue weighted by molar-refractivity contribution is -0.481. The van der Waals surface area contributed by atoms with Gasteiger partial charge in [-0.15, -0.1) is 0 Å². The average molecular weight is 749 g/mol. The van der Waals surface area contributed by atoms with Crippen LogP contribution in [0.5, 0.6) is 0 Å². The van der Waals surface area contributed by atoms with Gasteiger partial charge in [-0.1, -0.05) is 36.4 Å². The van der Waals surface area contributed by atoms with Crippen molar-refractivity contribution in [2.75, 3.05) is 0 Å². The molecule has 0 saturated heterocycles. The number of fused-ring (bicyclic) bond motifs is 2. The smallest absolute Gasteiger partial charge is 0.300 e. The number of nitrogens with two attached hydrogens (primary N) is 1. The minimum Gasteiger partial charge on any atom is -0.344 e. The van der Waals surface area contributed by atoms with Gasteiger partial charge in [-0.2, -0.15) is 25.3 Å². The Morgan fingerprint density at radius 2 is 1.24 bits per heavy atom. The van der Waals surface area contributed by atoms with E-state index in [2.05, 4.69) is 0 Å². The molecule has 1 aliphatic carbocycles. The van der Waals surface area contributed by atoms with Crippen LogP contribution in [0.15, 0.2) is 98.3 Å². The zero-order chi connectivity index (χ0) is 34.2. The first-order valence-electron chi connectivity index (χ1n) is 13.3. The summed E-state index contributed by atoms with van der Waals surface area (Å²) < 4.78 is 101. The Labute approximate surface area is 284 Å². The number of pyridine rings is 1. The van der Waals surface area contributed by atoms with Crippen molar-refractivity contribution in [2.45, 2.75) is 14.7 Å². The quantitative estimate of drug-likeness (QED) is 0.0701. The van der Waals surface area contributed by atoms with Crippen molar-refractivity contribution in [3.05, 3.63) is 111 Å². The maximum absolute atomic E-state index is 14.1. The molecule has 0 saturated carbocycles. The lowest BCUT2D eigenvalue weighted by Crippen LogP contribution is -2.72. The molecule has 264 valence electrons. The van der Waals surface area contributed by atoms with E-state index in [1.807, 2.05) is 0 Å². The third-order valence-corrected chi connectivity index (χ3v) is 10.4. The summed E-state index contributed by atoms with van der Waals surface area (Å²) in [6.45, 7) is 0.